The minimum Gasteiger partial charge on any atom is -0.462 e. The second kappa shape index (κ2) is 21.8. The molecule has 1 atom stereocenters. The smallest absolute Gasteiger partial charge is 0.343 e. The van der Waals surface area contributed by atoms with E-state index < -0.39 is 35.6 Å². The molecule has 8 heterocycles. The average molecular weight is 1010 g/mol. The summed E-state index contributed by atoms with van der Waals surface area (Å²) in [6, 6.07) is 4.96. The second-order valence-corrected chi connectivity index (χ2v) is 20.7. The first-order valence-electron chi connectivity index (χ1n) is 26.3. The number of aromatic nitrogens is 4. The van der Waals surface area contributed by atoms with Crippen molar-refractivity contribution in [2.24, 2.45) is 18.9 Å². The Morgan fingerprint density at radius 2 is 1.47 bits per heavy atom. The number of hydrogen-bond acceptors (Lipinski definition) is 16. The first kappa shape index (κ1) is 49.9. The lowest BCUT2D eigenvalue weighted by Crippen LogP contribution is -2.56. The summed E-state index contributed by atoms with van der Waals surface area (Å²) in [4.78, 5) is 114. The summed E-state index contributed by atoms with van der Waals surface area (Å²) < 4.78 is 6.99. The summed E-state index contributed by atoms with van der Waals surface area (Å²) >= 11 is 0. The van der Waals surface area contributed by atoms with E-state index in [0.29, 0.717) is 73.9 Å². The SMILES string of the molecule is CCOC(=O)c1cnc(Nc2cnn(C)c2)nc1NC1CCC(N2CCN(C(=O)N3CCC(C(=O)N4CCC(CN5CCN(c6ccc7c(c6)C(=O)N(C6CCC(=O)NC6=O)C7=O)CC5)CC4)CC3)CC2)CC1. The van der Waals surface area contributed by atoms with E-state index in [0.717, 1.165) is 114 Å². The van der Waals surface area contributed by atoms with E-state index in [1.165, 1.54) is 6.20 Å². The van der Waals surface area contributed by atoms with E-state index in [4.69, 9.17) is 4.74 Å². The zero-order chi connectivity index (χ0) is 50.8. The van der Waals surface area contributed by atoms with Gasteiger partial charge in [0.25, 0.3) is 11.8 Å². The maximum absolute atomic E-state index is 13.8. The summed E-state index contributed by atoms with van der Waals surface area (Å²) in [6.45, 7) is 12.0. The van der Waals surface area contributed by atoms with Crippen LogP contribution in [0.4, 0.5) is 27.9 Å². The Morgan fingerprint density at radius 1 is 0.767 bits per heavy atom. The zero-order valence-electron chi connectivity index (χ0n) is 42.0. The summed E-state index contributed by atoms with van der Waals surface area (Å²) in [5.74, 6) is -0.988. The van der Waals surface area contributed by atoms with Gasteiger partial charge in [-0.3, -0.25) is 48.7 Å². The highest BCUT2D eigenvalue weighted by atomic mass is 16.5. The van der Waals surface area contributed by atoms with Gasteiger partial charge in [0.05, 0.1) is 29.6 Å². The van der Waals surface area contributed by atoms with Crippen molar-refractivity contribution in [3.05, 3.63) is 53.5 Å². The number of rotatable bonds is 12. The quantitative estimate of drug-likeness (QED) is 0.175. The average Bonchev–Trinajstić information content (AvgIpc) is 3.93. The molecular formula is C51H68N14O8. The topological polar surface area (TPSA) is 231 Å². The van der Waals surface area contributed by atoms with Gasteiger partial charge in [0.1, 0.15) is 17.4 Å². The maximum atomic E-state index is 13.8. The Bertz CT molecular complexity index is 2570. The largest absolute Gasteiger partial charge is 0.462 e. The molecule has 1 aromatic carbocycles. The maximum Gasteiger partial charge on any atom is 0.343 e. The molecular weight excluding hydrogens is 937 g/mol. The number of esters is 1. The van der Waals surface area contributed by atoms with Crippen molar-refractivity contribution in [2.75, 3.05) is 107 Å². The fourth-order valence-electron chi connectivity index (χ4n) is 11.9. The van der Waals surface area contributed by atoms with Gasteiger partial charge >= 0.3 is 12.0 Å². The van der Waals surface area contributed by atoms with Gasteiger partial charge in [0, 0.05) is 135 Å². The predicted molar refractivity (Wildman–Crippen MR) is 268 cm³/mol. The minimum absolute atomic E-state index is 0.0556. The summed E-state index contributed by atoms with van der Waals surface area (Å²) in [5, 5.41) is 13.1. The molecule has 1 aliphatic carbocycles. The number of imide groups is 2. The molecule has 73 heavy (non-hydrogen) atoms. The zero-order valence-corrected chi connectivity index (χ0v) is 42.0. The number of piperidine rings is 3. The highest BCUT2D eigenvalue weighted by Crippen LogP contribution is 2.33. The fourth-order valence-corrected chi connectivity index (χ4v) is 11.9. The monoisotopic (exact) mass is 1000 g/mol. The van der Waals surface area contributed by atoms with Crippen LogP contribution < -0.4 is 20.9 Å². The number of anilines is 4. The van der Waals surface area contributed by atoms with Crippen molar-refractivity contribution in [3.8, 4) is 0 Å². The van der Waals surface area contributed by atoms with Crippen LogP contribution in [0.2, 0.25) is 0 Å². The van der Waals surface area contributed by atoms with Crippen LogP contribution in [0.25, 0.3) is 0 Å². The van der Waals surface area contributed by atoms with Crippen molar-refractivity contribution in [1.29, 1.82) is 0 Å². The van der Waals surface area contributed by atoms with E-state index in [1.807, 2.05) is 29.1 Å². The van der Waals surface area contributed by atoms with Crippen molar-refractivity contribution < 1.29 is 38.3 Å². The molecule has 10 rings (SSSR count). The lowest BCUT2D eigenvalue weighted by atomic mass is 9.89. The third-order valence-corrected chi connectivity index (χ3v) is 16.1. The lowest BCUT2D eigenvalue weighted by Gasteiger charge is -2.44. The van der Waals surface area contributed by atoms with Gasteiger partial charge in [-0.05, 0) is 88.8 Å². The molecule has 2 aromatic heterocycles. The van der Waals surface area contributed by atoms with Crippen molar-refractivity contribution in [1.82, 2.24) is 54.5 Å². The fraction of sp³-hybridized carbons (Fsp3) is 0.608. The van der Waals surface area contributed by atoms with Gasteiger partial charge in [-0.15, -0.1) is 0 Å². The molecule has 390 valence electrons. The molecule has 6 aliphatic heterocycles. The third kappa shape index (κ3) is 11.0. The number of benzene rings is 1. The van der Waals surface area contributed by atoms with Gasteiger partial charge in [0.15, 0.2) is 0 Å². The van der Waals surface area contributed by atoms with Crippen LogP contribution in [0.5, 0.6) is 0 Å². The first-order valence-corrected chi connectivity index (χ1v) is 26.3. The highest BCUT2D eigenvalue weighted by molar-refractivity contribution is 6.23. The van der Waals surface area contributed by atoms with Crippen molar-refractivity contribution in [2.45, 2.75) is 89.3 Å². The Balaban J connectivity index is 0.613. The van der Waals surface area contributed by atoms with E-state index in [9.17, 15) is 33.6 Å². The molecule has 1 saturated carbocycles. The van der Waals surface area contributed by atoms with Crippen molar-refractivity contribution >= 4 is 64.7 Å². The summed E-state index contributed by atoms with van der Waals surface area (Å²) in [6.07, 6.45) is 12.4. The number of likely N-dealkylation sites (tertiary alicyclic amines) is 2. The predicted octanol–water partition coefficient (Wildman–Crippen LogP) is 2.77. The Morgan fingerprint density at radius 3 is 2.15 bits per heavy atom. The van der Waals surface area contributed by atoms with E-state index >= 15 is 0 Å². The van der Waals surface area contributed by atoms with Crippen LogP contribution in [0.3, 0.4) is 0 Å². The molecule has 3 aromatic rings. The number of piperazine rings is 2. The summed E-state index contributed by atoms with van der Waals surface area (Å²) in [7, 11) is 1.83. The van der Waals surface area contributed by atoms with Crippen LogP contribution >= 0.6 is 0 Å². The molecule has 22 heteroatoms. The van der Waals surface area contributed by atoms with Crippen LogP contribution in [0.1, 0.15) is 102 Å². The number of carbonyl (C=O) groups excluding carboxylic acids is 7. The minimum atomic E-state index is -0.986. The normalized spacial score (nSPS) is 23.9. The lowest BCUT2D eigenvalue weighted by molar-refractivity contribution is -0.138. The number of ether oxygens (including phenoxy) is 1. The van der Waals surface area contributed by atoms with Crippen LogP contribution in [-0.4, -0.2) is 200 Å². The van der Waals surface area contributed by atoms with E-state index in [2.05, 4.69) is 50.6 Å². The number of carbonyl (C=O) groups is 7. The third-order valence-electron chi connectivity index (χ3n) is 16.1. The van der Waals surface area contributed by atoms with Crippen LogP contribution in [0, 0.1) is 11.8 Å². The van der Waals surface area contributed by atoms with Gasteiger partial charge in [-0.1, -0.05) is 0 Å². The molecule has 6 fully saturated rings. The van der Waals surface area contributed by atoms with Gasteiger partial charge in [-0.25, -0.2) is 14.6 Å². The molecule has 0 spiro atoms. The number of urea groups is 1. The van der Waals surface area contributed by atoms with E-state index in [1.54, 1.807) is 29.9 Å². The molecule has 7 aliphatic rings. The Hall–Kier alpha value is -6.68. The van der Waals surface area contributed by atoms with E-state index in [-0.39, 0.29) is 48.9 Å². The highest BCUT2D eigenvalue weighted by Gasteiger charge is 2.45. The molecule has 1 unspecified atom stereocenters. The number of nitrogens with zero attached hydrogens (tertiary/aromatic N) is 11. The van der Waals surface area contributed by atoms with Gasteiger partial charge in [-0.2, -0.15) is 10.1 Å². The van der Waals surface area contributed by atoms with Crippen LogP contribution in [-0.2, 0) is 26.2 Å². The first-order chi connectivity index (χ1) is 35.4. The number of nitrogens with one attached hydrogen (secondary N) is 3. The molecule has 7 amide bonds. The second-order valence-electron chi connectivity index (χ2n) is 20.7. The molecule has 0 bridgehead atoms. The van der Waals surface area contributed by atoms with Crippen LogP contribution in [0.15, 0.2) is 36.8 Å². The molecule has 5 saturated heterocycles. The number of amides is 7. The number of hydrogen-bond donors (Lipinski definition) is 3. The standard InChI is InChI=1S/C51H68N14O8/c1-3-73-49(71)41-30-52-50(55-36-29-53-58(2)32-36)57-44(41)54-35-4-6-37(7-5-35)60-24-26-64(27-25-60)51(72)63-18-14-34(15-19-63)46(68)62-16-12-33(13-17-62)31-59-20-22-61(23-21-59)38-8-9-39-40(28-38)48(70)65(47(39)69)42-10-11-43(66)56-45(42)67/h8-9,28-30,32-35,37,42H,3-7,10-27,31H2,1-2H3,(H,56,66,67)(H2,52,54,55,57). The van der Waals surface area contributed by atoms with Gasteiger partial charge in [0.2, 0.25) is 23.7 Å². The molecule has 22 nitrogen and oxygen atoms in total. The molecule has 3 N–H and O–H groups in total. The Kier molecular flexibility index (Phi) is 14.9. The Labute approximate surface area is 425 Å². The van der Waals surface area contributed by atoms with Crippen molar-refractivity contribution in [3.63, 3.8) is 0 Å². The number of aryl methyl sites for hydroxylation is 1. The number of fused-ring (bicyclic) bond motifs is 1. The molecule has 0 radical (unpaired) electrons. The summed E-state index contributed by atoms with van der Waals surface area (Å²) in [5.41, 5.74) is 2.49. The van der Waals surface area contributed by atoms with Gasteiger partial charge < -0.3 is 35.0 Å².